The Labute approximate surface area is 171 Å². The van der Waals surface area contributed by atoms with Gasteiger partial charge in [0, 0.05) is 36.5 Å². The third-order valence-electron chi connectivity index (χ3n) is 3.45. The zero-order valence-corrected chi connectivity index (χ0v) is 18.7. The number of nitrogens with one attached hydrogen (secondary N) is 2. The van der Waals surface area contributed by atoms with Gasteiger partial charge in [0.1, 0.15) is 5.76 Å². The van der Waals surface area contributed by atoms with Crippen LogP contribution in [-0.2, 0) is 18.4 Å². The van der Waals surface area contributed by atoms with Crippen LogP contribution in [0.1, 0.15) is 49.5 Å². The second-order valence-corrected chi connectivity index (χ2v) is 7.65. The first-order valence-electron chi connectivity index (χ1n) is 8.19. The predicted molar refractivity (Wildman–Crippen MR) is 114 cm³/mol. The zero-order chi connectivity index (χ0) is 17.6. The number of halogens is 1. The van der Waals surface area contributed by atoms with Crippen molar-refractivity contribution >= 4 is 41.3 Å². The lowest BCUT2D eigenvalue weighted by atomic mass is 9.94. The van der Waals surface area contributed by atoms with Gasteiger partial charge in [0.15, 0.2) is 5.96 Å². The smallest absolute Gasteiger partial charge is 0.213 e. The van der Waals surface area contributed by atoms with Crippen LogP contribution in [0.15, 0.2) is 21.0 Å². The van der Waals surface area contributed by atoms with Gasteiger partial charge in [-0.15, -0.1) is 35.3 Å². The molecule has 0 saturated heterocycles. The molecule has 0 saturated carbocycles. The molecule has 2 heterocycles. The number of rotatable bonds is 6. The fourth-order valence-corrected chi connectivity index (χ4v) is 2.90. The van der Waals surface area contributed by atoms with E-state index in [9.17, 15) is 0 Å². The molecule has 0 aliphatic carbocycles. The fourth-order valence-electron chi connectivity index (χ4n) is 2.08. The summed E-state index contributed by atoms with van der Waals surface area (Å²) in [4.78, 5) is 13.0. The molecule has 0 radical (unpaired) electrons. The number of aromatic nitrogens is 2. The Hall–Kier alpha value is -1.16. The van der Waals surface area contributed by atoms with Crippen LogP contribution >= 0.6 is 35.3 Å². The summed E-state index contributed by atoms with van der Waals surface area (Å²) in [5, 5.41) is 9.80. The number of hydrogen-bond donors (Lipinski definition) is 2. The van der Waals surface area contributed by atoms with Crippen molar-refractivity contribution in [3.05, 3.63) is 33.9 Å². The van der Waals surface area contributed by atoms with Gasteiger partial charge in [0.2, 0.25) is 5.89 Å². The van der Waals surface area contributed by atoms with E-state index < -0.39 is 0 Å². The van der Waals surface area contributed by atoms with E-state index in [0.29, 0.717) is 12.4 Å². The first-order chi connectivity index (χ1) is 11.4. The van der Waals surface area contributed by atoms with Crippen molar-refractivity contribution in [1.29, 1.82) is 0 Å². The molecule has 0 fully saturated rings. The average molecular weight is 477 g/mol. The Morgan fingerprint density at radius 2 is 2.08 bits per heavy atom. The van der Waals surface area contributed by atoms with E-state index in [1.807, 2.05) is 6.92 Å². The maximum Gasteiger partial charge on any atom is 0.213 e. The van der Waals surface area contributed by atoms with Crippen molar-refractivity contribution in [3.8, 4) is 0 Å². The molecule has 8 heteroatoms. The molecule has 0 aromatic carbocycles. The Balaban J connectivity index is 0.00000312. The van der Waals surface area contributed by atoms with Crippen molar-refractivity contribution < 1.29 is 4.42 Å². The standard InChI is InChI=1S/C17H27N5OS.HI/c1-12-11-24-15(22-12)7-6-8-19-16(18-5)21-10-14-20-9-13(23-14)17(2,3)4;/h9,11H,6-8,10H2,1-5H3,(H2,18,19,21);1H. The zero-order valence-electron chi connectivity index (χ0n) is 15.5. The van der Waals surface area contributed by atoms with Gasteiger partial charge < -0.3 is 15.1 Å². The Morgan fingerprint density at radius 1 is 1.32 bits per heavy atom. The van der Waals surface area contributed by atoms with Crippen LogP contribution in [0.2, 0.25) is 0 Å². The third kappa shape index (κ3) is 7.31. The number of thiazole rings is 1. The maximum absolute atomic E-state index is 5.77. The number of aryl methyl sites for hydroxylation is 2. The molecule has 2 aromatic rings. The fraction of sp³-hybridized carbons (Fsp3) is 0.588. The SMILES string of the molecule is CN=C(NCCCc1nc(C)cs1)NCc1ncc(C(C)(C)C)o1.I. The molecular weight excluding hydrogens is 449 g/mol. The van der Waals surface area contributed by atoms with Crippen molar-refractivity contribution in [2.24, 2.45) is 4.99 Å². The highest BCUT2D eigenvalue weighted by Crippen LogP contribution is 2.22. The molecule has 0 unspecified atom stereocenters. The van der Waals surface area contributed by atoms with Gasteiger partial charge in [-0.2, -0.15) is 0 Å². The van der Waals surface area contributed by atoms with Crippen LogP contribution in [-0.4, -0.2) is 29.5 Å². The summed E-state index contributed by atoms with van der Waals surface area (Å²) in [6.45, 7) is 9.70. The van der Waals surface area contributed by atoms with Crippen LogP contribution in [0.5, 0.6) is 0 Å². The largest absolute Gasteiger partial charge is 0.443 e. The Bertz CT molecular complexity index is 675. The van der Waals surface area contributed by atoms with E-state index in [1.165, 1.54) is 5.01 Å². The third-order valence-corrected chi connectivity index (χ3v) is 4.48. The highest BCUT2D eigenvalue weighted by atomic mass is 127. The highest BCUT2D eigenvalue weighted by molar-refractivity contribution is 14.0. The molecule has 0 bridgehead atoms. The van der Waals surface area contributed by atoms with E-state index in [1.54, 1.807) is 24.6 Å². The molecule has 2 N–H and O–H groups in total. The molecule has 140 valence electrons. The predicted octanol–water partition coefficient (Wildman–Crippen LogP) is 3.65. The number of hydrogen-bond acceptors (Lipinski definition) is 5. The van der Waals surface area contributed by atoms with Crippen molar-refractivity contribution in [1.82, 2.24) is 20.6 Å². The summed E-state index contributed by atoms with van der Waals surface area (Å²) < 4.78 is 5.77. The van der Waals surface area contributed by atoms with Gasteiger partial charge in [0.05, 0.1) is 17.7 Å². The van der Waals surface area contributed by atoms with E-state index in [0.717, 1.165) is 36.8 Å². The number of guanidine groups is 1. The molecule has 2 rings (SSSR count). The van der Waals surface area contributed by atoms with Gasteiger partial charge >= 0.3 is 0 Å². The summed E-state index contributed by atoms with van der Waals surface area (Å²) in [7, 11) is 1.76. The van der Waals surface area contributed by atoms with Crippen LogP contribution in [0.4, 0.5) is 0 Å². The van der Waals surface area contributed by atoms with Crippen LogP contribution in [0.3, 0.4) is 0 Å². The summed E-state index contributed by atoms with van der Waals surface area (Å²) >= 11 is 1.72. The van der Waals surface area contributed by atoms with Gasteiger partial charge in [0.25, 0.3) is 0 Å². The second-order valence-electron chi connectivity index (χ2n) is 6.71. The lowest BCUT2D eigenvalue weighted by Crippen LogP contribution is -2.37. The molecule has 0 aliphatic rings. The van der Waals surface area contributed by atoms with E-state index in [4.69, 9.17) is 4.42 Å². The van der Waals surface area contributed by atoms with E-state index >= 15 is 0 Å². The molecule has 6 nitrogen and oxygen atoms in total. The van der Waals surface area contributed by atoms with Crippen LogP contribution in [0, 0.1) is 6.92 Å². The highest BCUT2D eigenvalue weighted by Gasteiger charge is 2.19. The van der Waals surface area contributed by atoms with Crippen molar-refractivity contribution in [2.75, 3.05) is 13.6 Å². The summed E-state index contributed by atoms with van der Waals surface area (Å²) in [6, 6.07) is 0. The average Bonchev–Trinajstić information content (AvgIpc) is 3.15. The quantitative estimate of drug-likeness (QED) is 0.288. The Morgan fingerprint density at radius 3 is 2.64 bits per heavy atom. The molecule has 0 aliphatic heterocycles. The first kappa shape index (κ1) is 21.9. The molecular formula is C17H28IN5OS. The lowest BCUT2D eigenvalue weighted by molar-refractivity contribution is 0.379. The van der Waals surface area contributed by atoms with Crippen LogP contribution < -0.4 is 10.6 Å². The van der Waals surface area contributed by atoms with Gasteiger partial charge in [-0.1, -0.05) is 20.8 Å². The number of aliphatic imine (C=N–C) groups is 1. The molecule has 25 heavy (non-hydrogen) atoms. The monoisotopic (exact) mass is 477 g/mol. The number of oxazole rings is 1. The minimum absolute atomic E-state index is 0. The van der Waals surface area contributed by atoms with E-state index in [-0.39, 0.29) is 29.4 Å². The number of nitrogens with zero attached hydrogens (tertiary/aromatic N) is 3. The maximum atomic E-state index is 5.77. The molecule has 0 atom stereocenters. The Kier molecular flexibility index (Phi) is 8.84. The van der Waals surface area contributed by atoms with Crippen molar-refractivity contribution in [3.63, 3.8) is 0 Å². The van der Waals surface area contributed by atoms with Crippen molar-refractivity contribution in [2.45, 2.75) is 52.5 Å². The molecule has 2 aromatic heterocycles. The summed E-state index contributed by atoms with van der Waals surface area (Å²) in [5.41, 5.74) is 1.07. The summed E-state index contributed by atoms with van der Waals surface area (Å²) in [6.07, 6.45) is 3.79. The minimum atomic E-state index is -0.0284. The van der Waals surface area contributed by atoms with Crippen LogP contribution in [0.25, 0.3) is 0 Å². The lowest BCUT2D eigenvalue weighted by Gasteiger charge is -2.13. The first-order valence-corrected chi connectivity index (χ1v) is 9.07. The topological polar surface area (TPSA) is 75.3 Å². The molecule has 0 spiro atoms. The second kappa shape index (κ2) is 10.1. The van der Waals surface area contributed by atoms with Gasteiger partial charge in [-0.05, 0) is 13.3 Å². The minimum Gasteiger partial charge on any atom is -0.443 e. The van der Waals surface area contributed by atoms with E-state index in [2.05, 4.69) is 51.7 Å². The summed E-state index contributed by atoms with van der Waals surface area (Å²) in [5.74, 6) is 2.31. The van der Waals surface area contributed by atoms with Gasteiger partial charge in [-0.3, -0.25) is 4.99 Å². The van der Waals surface area contributed by atoms with Gasteiger partial charge in [-0.25, -0.2) is 9.97 Å². The normalized spacial score (nSPS) is 12.0. The molecule has 0 amide bonds.